The van der Waals surface area contributed by atoms with Gasteiger partial charge in [0.05, 0.1) is 0 Å². The van der Waals surface area contributed by atoms with Gasteiger partial charge in [-0.3, -0.25) is 4.79 Å². The van der Waals surface area contributed by atoms with Crippen molar-refractivity contribution in [1.29, 1.82) is 0 Å². The molecule has 1 atom stereocenters. The van der Waals surface area contributed by atoms with Crippen molar-refractivity contribution >= 4 is 5.91 Å². The summed E-state index contributed by atoms with van der Waals surface area (Å²) in [5.41, 5.74) is 1.09. The van der Waals surface area contributed by atoms with Crippen molar-refractivity contribution in [2.45, 2.75) is 39.3 Å². The van der Waals surface area contributed by atoms with Gasteiger partial charge in [-0.25, -0.2) is 0 Å². The number of aromatic hydroxyl groups is 1. The van der Waals surface area contributed by atoms with Crippen molar-refractivity contribution in [3.63, 3.8) is 0 Å². The quantitative estimate of drug-likeness (QED) is 0.723. The maximum atomic E-state index is 11.4. The minimum absolute atomic E-state index is 0.0652. The van der Waals surface area contributed by atoms with Crippen LogP contribution in [0.2, 0.25) is 0 Å². The minimum Gasteiger partial charge on any atom is -0.508 e. The molecule has 0 aliphatic heterocycles. The molecule has 0 fully saturated rings. The van der Waals surface area contributed by atoms with E-state index >= 15 is 0 Å². The molecule has 100 valence electrons. The van der Waals surface area contributed by atoms with E-state index in [0.29, 0.717) is 13.0 Å². The third kappa shape index (κ3) is 5.19. The smallest absolute Gasteiger partial charge is 0.221 e. The average Bonchev–Trinajstić information content (AvgIpc) is 2.28. The Morgan fingerprint density at radius 2 is 1.83 bits per heavy atom. The molecule has 0 aliphatic carbocycles. The fourth-order valence-corrected chi connectivity index (χ4v) is 1.68. The fourth-order valence-electron chi connectivity index (χ4n) is 1.68. The number of nitrogens with one attached hydrogen (secondary N) is 2. The predicted molar refractivity (Wildman–Crippen MR) is 72.4 cm³/mol. The van der Waals surface area contributed by atoms with Gasteiger partial charge in [0.1, 0.15) is 5.75 Å². The van der Waals surface area contributed by atoms with Crippen molar-refractivity contribution in [3.05, 3.63) is 29.8 Å². The molecule has 4 heteroatoms. The van der Waals surface area contributed by atoms with E-state index in [1.165, 1.54) is 0 Å². The molecule has 18 heavy (non-hydrogen) atoms. The molecule has 1 rings (SSSR count). The van der Waals surface area contributed by atoms with E-state index in [2.05, 4.69) is 10.6 Å². The van der Waals surface area contributed by atoms with Crippen molar-refractivity contribution in [3.8, 4) is 5.75 Å². The van der Waals surface area contributed by atoms with E-state index in [9.17, 15) is 9.90 Å². The van der Waals surface area contributed by atoms with Crippen LogP contribution in [0.25, 0.3) is 0 Å². The lowest BCUT2D eigenvalue weighted by molar-refractivity contribution is -0.121. The van der Waals surface area contributed by atoms with Crippen LogP contribution in [0.5, 0.6) is 5.75 Å². The number of amides is 1. The Hall–Kier alpha value is -1.55. The molecule has 0 heterocycles. The lowest BCUT2D eigenvalue weighted by Crippen LogP contribution is -2.33. The standard InChI is InChI=1S/C14H22N2O2/c1-10(2)16-14(18)8-9-15-11(3)12-4-6-13(17)7-5-12/h4-7,10-11,15,17H,8-9H2,1-3H3,(H,16,18). The molecule has 0 spiro atoms. The van der Waals surface area contributed by atoms with Gasteiger partial charge < -0.3 is 15.7 Å². The van der Waals surface area contributed by atoms with Crippen LogP contribution >= 0.6 is 0 Å². The number of phenolic OH excluding ortho intramolecular Hbond substituents is 1. The van der Waals surface area contributed by atoms with Crippen LogP contribution in [-0.4, -0.2) is 23.6 Å². The first-order valence-electron chi connectivity index (χ1n) is 6.30. The van der Waals surface area contributed by atoms with Gasteiger partial charge in [-0.1, -0.05) is 12.1 Å². The summed E-state index contributed by atoms with van der Waals surface area (Å²) >= 11 is 0. The molecular formula is C14H22N2O2. The van der Waals surface area contributed by atoms with Gasteiger partial charge in [0.15, 0.2) is 0 Å². The highest BCUT2D eigenvalue weighted by Gasteiger charge is 2.06. The summed E-state index contributed by atoms with van der Waals surface area (Å²) in [6.07, 6.45) is 0.473. The number of hydrogen-bond donors (Lipinski definition) is 3. The van der Waals surface area contributed by atoms with E-state index in [4.69, 9.17) is 0 Å². The summed E-state index contributed by atoms with van der Waals surface area (Å²) in [4.78, 5) is 11.4. The number of carbonyl (C=O) groups excluding carboxylic acids is 1. The number of rotatable bonds is 6. The first-order valence-corrected chi connectivity index (χ1v) is 6.30. The largest absolute Gasteiger partial charge is 0.508 e. The number of carbonyl (C=O) groups is 1. The van der Waals surface area contributed by atoms with E-state index < -0.39 is 0 Å². The zero-order valence-corrected chi connectivity index (χ0v) is 11.2. The molecule has 1 unspecified atom stereocenters. The van der Waals surface area contributed by atoms with Gasteiger partial charge >= 0.3 is 0 Å². The van der Waals surface area contributed by atoms with Gasteiger partial charge in [-0.05, 0) is 38.5 Å². The Balaban J connectivity index is 2.31. The Morgan fingerprint density at radius 3 is 2.39 bits per heavy atom. The lowest BCUT2D eigenvalue weighted by atomic mass is 10.1. The van der Waals surface area contributed by atoms with Crippen LogP contribution in [-0.2, 0) is 4.79 Å². The summed E-state index contributed by atoms with van der Waals surface area (Å²) in [6, 6.07) is 7.44. The first kappa shape index (κ1) is 14.5. The first-order chi connectivity index (χ1) is 8.49. The third-order valence-corrected chi connectivity index (χ3v) is 2.65. The molecule has 0 aliphatic rings. The summed E-state index contributed by atoms with van der Waals surface area (Å²) in [6.45, 7) is 6.57. The second-order valence-corrected chi connectivity index (χ2v) is 4.74. The number of benzene rings is 1. The molecular weight excluding hydrogens is 228 g/mol. The number of hydrogen-bond acceptors (Lipinski definition) is 3. The second kappa shape index (κ2) is 7.01. The van der Waals surface area contributed by atoms with Gasteiger partial charge in [0.25, 0.3) is 0 Å². The lowest BCUT2D eigenvalue weighted by Gasteiger charge is -2.14. The predicted octanol–water partition coefficient (Wildman–Crippen LogP) is 1.96. The van der Waals surface area contributed by atoms with E-state index in [1.807, 2.05) is 32.9 Å². The molecule has 0 aromatic heterocycles. The summed E-state index contributed by atoms with van der Waals surface area (Å²) < 4.78 is 0. The van der Waals surface area contributed by atoms with E-state index in [0.717, 1.165) is 5.56 Å². The summed E-state index contributed by atoms with van der Waals surface area (Å²) in [5.74, 6) is 0.331. The Labute approximate surface area is 108 Å². The highest BCUT2D eigenvalue weighted by atomic mass is 16.3. The van der Waals surface area contributed by atoms with Gasteiger partial charge in [0, 0.05) is 25.0 Å². The van der Waals surface area contributed by atoms with E-state index in [-0.39, 0.29) is 23.7 Å². The molecule has 0 saturated carbocycles. The summed E-state index contributed by atoms with van der Waals surface area (Å²) in [5, 5.41) is 15.3. The number of phenols is 1. The topological polar surface area (TPSA) is 61.4 Å². The van der Waals surface area contributed by atoms with Crippen LogP contribution < -0.4 is 10.6 Å². The SMILES string of the molecule is CC(C)NC(=O)CCNC(C)c1ccc(O)cc1. The van der Waals surface area contributed by atoms with Crippen molar-refractivity contribution in [2.24, 2.45) is 0 Å². The Bertz CT molecular complexity index is 374. The Morgan fingerprint density at radius 1 is 1.22 bits per heavy atom. The Kier molecular flexibility index (Phi) is 5.65. The zero-order valence-electron chi connectivity index (χ0n) is 11.2. The van der Waals surface area contributed by atoms with Gasteiger partial charge in [-0.15, -0.1) is 0 Å². The van der Waals surface area contributed by atoms with Crippen LogP contribution in [0, 0.1) is 0 Å². The highest BCUT2D eigenvalue weighted by Crippen LogP contribution is 2.15. The second-order valence-electron chi connectivity index (χ2n) is 4.74. The minimum atomic E-state index is 0.0652. The molecule has 0 bridgehead atoms. The van der Waals surface area contributed by atoms with Crippen LogP contribution in [0.1, 0.15) is 38.8 Å². The maximum Gasteiger partial charge on any atom is 0.221 e. The average molecular weight is 250 g/mol. The van der Waals surface area contributed by atoms with Crippen LogP contribution in [0.3, 0.4) is 0 Å². The monoisotopic (exact) mass is 250 g/mol. The van der Waals surface area contributed by atoms with E-state index in [1.54, 1.807) is 12.1 Å². The van der Waals surface area contributed by atoms with Crippen molar-refractivity contribution in [2.75, 3.05) is 6.54 Å². The molecule has 1 amide bonds. The molecule has 3 N–H and O–H groups in total. The molecule has 4 nitrogen and oxygen atoms in total. The highest BCUT2D eigenvalue weighted by molar-refractivity contribution is 5.76. The summed E-state index contributed by atoms with van der Waals surface area (Å²) in [7, 11) is 0. The molecule has 0 saturated heterocycles. The fraction of sp³-hybridized carbons (Fsp3) is 0.500. The molecule has 1 aromatic carbocycles. The van der Waals surface area contributed by atoms with Crippen molar-refractivity contribution in [1.82, 2.24) is 10.6 Å². The van der Waals surface area contributed by atoms with Gasteiger partial charge in [0.2, 0.25) is 5.91 Å². The normalized spacial score (nSPS) is 12.4. The third-order valence-electron chi connectivity index (χ3n) is 2.65. The van der Waals surface area contributed by atoms with Crippen LogP contribution in [0.15, 0.2) is 24.3 Å². The maximum absolute atomic E-state index is 11.4. The molecule has 1 aromatic rings. The zero-order chi connectivity index (χ0) is 13.5. The van der Waals surface area contributed by atoms with Crippen molar-refractivity contribution < 1.29 is 9.90 Å². The molecule has 0 radical (unpaired) electrons. The van der Waals surface area contributed by atoms with Gasteiger partial charge in [-0.2, -0.15) is 0 Å². The van der Waals surface area contributed by atoms with Crippen LogP contribution in [0.4, 0.5) is 0 Å².